The van der Waals surface area contributed by atoms with E-state index in [9.17, 15) is 0 Å². The Morgan fingerprint density at radius 3 is 2.24 bits per heavy atom. The standard InChI is InChI=1S/C18H23BrN2/c1-14(20)18(16-8-10-17(19)11-9-16)21(2)13-12-15-6-4-3-5-7-15/h3-11,14,18H,12-13,20H2,1-2H3. The predicted octanol–water partition coefficient (Wildman–Crippen LogP) is 4.01. The van der Waals surface area contributed by atoms with E-state index in [1.807, 2.05) is 0 Å². The van der Waals surface area contributed by atoms with Crippen LogP contribution >= 0.6 is 15.9 Å². The number of hydrogen-bond acceptors (Lipinski definition) is 2. The van der Waals surface area contributed by atoms with Crippen LogP contribution in [0.5, 0.6) is 0 Å². The number of nitrogens with two attached hydrogens (primary N) is 1. The summed E-state index contributed by atoms with van der Waals surface area (Å²) in [6.45, 7) is 3.07. The molecule has 3 heteroatoms. The van der Waals surface area contributed by atoms with Crippen LogP contribution in [0.25, 0.3) is 0 Å². The number of rotatable bonds is 6. The molecule has 2 nitrogen and oxygen atoms in total. The smallest absolute Gasteiger partial charge is 0.0493 e. The van der Waals surface area contributed by atoms with E-state index in [0.29, 0.717) is 0 Å². The van der Waals surface area contributed by atoms with Gasteiger partial charge in [-0.2, -0.15) is 0 Å². The molecule has 0 aliphatic carbocycles. The zero-order chi connectivity index (χ0) is 15.2. The molecule has 0 aliphatic rings. The van der Waals surface area contributed by atoms with E-state index in [0.717, 1.165) is 17.4 Å². The molecule has 2 unspecified atom stereocenters. The SMILES string of the molecule is CC(N)C(c1ccc(Br)cc1)N(C)CCc1ccccc1. The van der Waals surface area contributed by atoms with Crippen LogP contribution in [-0.4, -0.2) is 24.5 Å². The second-order valence-corrected chi connectivity index (χ2v) is 6.49. The summed E-state index contributed by atoms with van der Waals surface area (Å²) in [7, 11) is 2.15. The Morgan fingerprint density at radius 2 is 1.67 bits per heavy atom. The van der Waals surface area contributed by atoms with Gasteiger partial charge in [0.1, 0.15) is 0 Å². The van der Waals surface area contributed by atoms with Gasteiger partial charge in [-0.25, -0.2) is 0 Å². The third kappa shape index (κ3) is 4.67. The summed E-state index contributed by atoms with van der Waals surface area (Å²) in [5.41, 5.74) is 8.86. The Bertz CT molecular complexity index is 537. The van der Waals surface area contributed by atoms with Crippen LogP contribution in [-0.2, 0) is 6.42 Å². The minimum atomic E-state index is 0.0898. The van der Waals surface area contributed by atoms with Gasteiger partial charge in [0.15, 0.2) is 0 Å². The summed E-state index contributed by atoms with van der Waals surface area (Å²) in [4.78, 5) is 2.35. The van der Waals surface area contributed by atoms with E-state index in [1.54, 1.807) is 0 Å². The van der Waals surface area contributed by atoms with Crippen molar-refractivity contribution in [2.45, 2.75) is 25.4 Å². The van der Waals surface area contributed by atoms with Gasteiger partial charge in [0.05, 0.1) is 0 Å². The Hall–Kier alpha value is -1.16. The van der Waals surface area contributed by atoms with Gasteiger partial charge in [-0.05, 0) is 43.7 Å². The first-order chi connectivity index (χ1) is 10.1. The molecule has 2 rings (SSSR count). The molecule has 0 spiro atoms. The van der Waals surface area contributed by atoms with Crippen LogP contribution in [0.4, 0.5) is 0 Å². The van der Waals surface area contributed by atoms with Crippen LogP contribution < -0.4 is 5.73 Å². The lowest BCUT2D eigenvalue weighted by Crippen LogP contribution is -2.38. The van der Waals surface area contributed by atoms with Crippen molar-refractivity contribution in [2.24, 2.45) is 5.73 Å². The van der Waals surface area contributed by atoms with Crippen LogP contribution in [0, 0.1) is 0 Å². The van der Waals surface area contributed by atoms with Gasteiger partial charge < -0.3 is 5.73 Å². The average Bonchev–Trinajstić information content (AvgIpc) is 2.48. The van der Waals surface area contributed by atoms with E-state index in [-0.39, 0.29) is 12.1 Å². The lowest BCUT2D eigenvalue weighted by atomic mass is 9.99. The van der Waals surface area contributed by atoms with Crippen LogP contribution in [0.3, 0.4) is 0 Å². The quantitative estimate of drug-likeness (QED) is 0.855. The molecule has 2 aromatic carbocycles. The van der Waals surface area contributed by atoms with Gasteiger partial charge in [-0.1, -0.05) is 58.4 Å². The molecule has 0 amide bonds. The second-order valence-electron chi connectivity index (χ2n) is 5.57. The van der Waals surface area contributed by atoms with E-state index in [4.69, 9.17) is 5.73 Å². The summed E-state index contributed by atoms with van der Waals surface area (Å²) in [6.07, 6.45) is 1.04. The van der Waals surface area contributed by atoms with Crippen molar-refractivity contribution in [1.82, 2.24) is 4.90 Å². The fourth-order valence-electron chi connectivity index (χ4n) is 2.71. The Morgan fingerprint density at radius 1 is 1.05 bits per heavy atom. The van der Waals surface area contributed by atoms with Crippen molar-refractivity contribution in [3.05, 3.63) is 70.2 Å². The number of nitrogens with zero attached hydrogens (tertiary/aromatic N) is 1. The minimum absolute atomic E-state index is 0.0898. The topological polar surface area (TPSA) is 29.3 Å². The molecule has 0 saturated heterocycles. The molecule has 0 radical (unpaired) electrons. The Balaban J connectivity index is 2.05. The third-order valence-corrected chi connectivity index (χ3v) is 4.31. The first kappa shape index (κ1) is 16.2. The molecule has 2 aromatic rings. The highest BCUT2D eigenvalue weighted by Gasteiger charge is 2.20. The van der Waals surface area contributed by atoms with E-state index < -0.39 is 0 Å². The maximum atomic E-state index is 6.22. The van der Waals surface area contributed by atoms with Crippen molar-refractivity contribution in [3.8, 4) is 0 Å². The van der Waals surface area contributed by atoms with Gasteiger partial charge in [0.2, 0.25) is 0 Å². The lowest BCUT2D eigenvalue weighted by molar-refractivity contribution is 0.221. The summed E-state index contributed by atoms with van der Waals surface area (Å²) >= 11 is 3.49. The van der Waals surface area contributed by atoms with Crippen molar-refractivity contribution >= 4 is 15.9 Å². The van der Waals surface area contributed by atoms with Crippen LogP contribution in [0.1, 0.15) is 24.1 Å². The first-order valence-corrected chi connectivity index (χ1v) is 8.12. The molecule has 0 aliphatic heterocycles. The summed E-state index contributed by atoms with van der Waals surface area (Å²) < 4.78 is 1.10. The highest BCUT2D eigenvalue weighted by Crippen LogP contribution is 2.24. The normalized spacial score (nSPS) is 14.1. The zero-order valence-corrected chi connectivity index (χ0v) is 14.3. The van der Waals surface area contributed by atoms with Crippen molar-refractivity contribution in [3.63, 3.8) is 0 Å². The molecular formula is C18H23BrN2. The molecule has 0 heterocycles. The molecule has 0 saturated carbocycles. The lowest BCUT2D eigenvalue weighted by Gasteiger charge is -2.31. The fourth-order valence-corrected chi connectivity index (χ4v) is 2.97. The summed E-state index contributed by atoms with van der Waals surface area (Å²) in [6, 6.07) is 19.4. The summed E-state index contributed by atoms with van der Waals surface area (Å²) in [5, 5.41) is 0. The van der Waals surface area contributed by atoms with Gasteiger partial charge in [-0.3, -0.25) is 4.90 Å². The average molecular weight is 347 g/mol. The van der Waals surface area contributed by atoms with Crippen molar-refractivity contribution < 1.29 is 0 Å². The van der Waals surface area contributed by atoms with Crippen molar-refractivity contribution in [2.75, 3.05) is 13.6 Å². The highest BCUT2D eigenvalue weighted by molar-refractivity contribution is 9.10. The Labute approximate surface area is 136 Å². The minimum Gasteiger partial charge on any atom is -0.326 e. The third-order valence-electron chi connectivity index (χ3n) is 3.78. The molecule has 2 atom stereocenters. The number of hydrogen-bond donors (Lipinski definition) is 1. The second kappa shape index (κ2) is 7.74. The molecule has 0 fully saturated rings. The number of likely N-dealkylation sites (N-methyl/N-ethyl adjacent to an activating group) is 1. The van der Waals surface area contributed by atoms with Crippen molar-refractivity contribution in [1.29, 1.82) is 0 Å². The van der Waals surface area contributed by atoms with Crippen LogP contribution in [0.15, 0.2) is 59.1 Å². The van der Waals surface area contributed by atoms with E-state index in [1.165, 1.54) is 11.1 Å². The van der Waals surface area contributed by atoms with E-state index in [2.05, 4.69) is 89.4 Å². The molecule has 112 valence electrons. The largest absolute Gasteiger partial charge is 0.326 e. The highest BCUT2D eigenvalue weighted by atomic mass is 79.9. The van der Waals surface area contributed by atoms with Crippen LogP contribution in [0.2, 0.25) is 0 Å². The van der Waals surface area contributed by atoms with E-state index >= 15 is 0 Å². The zero-order valence-electron chi connectivity index (χ0n) is 12.7. The molecule has 2 N–H and O–H groups in total. The van der Waals surface area contributed by atoms with Gasteiger partial charge in [0, 0.05) is 23.1 Å². The number of halogens is 1. The fraction of sp³-hybridized carbons (Fsp3) is 0.333. The molecular weight excluding hydrogens is 324 g/mol. The van der Waals surface area contributed by atoms with Gasteiger partial charge in [-0.15, -0.1) is 0 Å². The monoisotopic (exact) mass is 346 g/mol. The maximum Gasteiger partial charge on any atom is 0.0493 e. The maximum absolute atomic E-state index is 6.22. The molecule has 0 aromatic heterocycles. The van der Waals surface area contributed by atoms with Gasteiger partial charge >= 0.3 is 0 Å². The first-order valence-electron chi connectivity index (χ1n) is 7.33. The molecule has 21 heavy (non-hydrogen) atoms. The molecule has 0 bridgehead atoms. The predicted molar refractivity (Wildman–Crippen MR) is 93.3 cm³/mol. The number of benzene rings is 2. The van der Waals surface area contributed by atoms with Gasteiger partial charge in [0.25, 0.3) is 0 Å². The summed E-state index contributed by atoms with van der Waals surface area (Å²) in [5.74, 6) is 0. The Kier molecular flexibility index (Phi) is 5.97.